The van der Waals surface area contributed by atoms with Gasteiger partial charge in [0.2, 0.25) is 5.78 Å². The Kier molecular flexibility index (Phi) is 3.41. The molecular formula is C19H29NO3. The lowest BCUT2D eigenvalue weighted by Crippen LogP contribution is -2.54. The molecule has 4 rings (SSSR count). The molecule has 0 spiro atoms. The van der Waals surface area contributed by atoms with Crippen LogP contribution in [-0.2, 0) is 4.79 Å². The number of carbonyl (C=O) groups excluding carboxylic acids is 1. The van der Waals surface area contributed by atoms with Gasteiger partial charge in [0.25, 0.3) is 6.04 Å². The molecule has 4 aliphatic carbocycles. The van der Waals surface area contributed by atoms with Crippen molar-refractivity contribution in [3.05, 3.63) is 10.1 Å². The lowest BCUT2D eigenvalue weighted by atomic mass is 9.45. The van der Waals surface area contributed by atoms with E-state index in [1.165, 1.54) is 38.5 Å². The first-order chi connectivity index (χ1) is 10.9. The summed E-state index contributed by atoms with van der Waals surface area (Å²) in [6.45, 7) is 4.62. The van der Waals surface area contributed by atoms with Crippen LogP contribution in [0.3, 0.4) is 0 Å². The van der Waals surface area contributed by atoms with E-state index in [0.717, 1.165) is 18.8 Å². The molecule has 0 aromatic heterocycles. The van der Waals surface area contributed by atoms with Gasteiger partial charge in [0.05, 0.1) is 0 Å². The average Bonchev–Trinajstić information content (AvgIpc) is 2.77. The number of Topliss-reactive ketones (excluding diaryl/α,β-unsaturated/α-hetero) is 1. The Morgan fingerprint density at radius 1 is 1.09 bits per heavy atom. The predicted octanol–water partition coefficient (Wildman–Crippen LogP) is 4.24. The van der Waals surface area contributed by atoms with E-state index < -0.39 is 6.04 Å². The van der Waals surface area contributed by atoms with Crippen LogP contribution in [0.2, 0.25) is 0 Å². The van der Waals surface area contributed by atoms with Crippen molar-refractivity contribution in [1.82, 2.24) is 0 Å². The molecule has 0 aromatic rings. The normalized spacial score (nSPS) is 52.4. The molecule has 4 heteroatoms. The topological polar surface area (TPSA) is 60.2 Å². The Morgan fingerprint density at radius 2 is 1.87 bits per heavy atom. The first-order valence-corrected chi connectivity index (χ1v) is 9.53. The number of nitrogens with zero attached hydrogens (tertiary/aromatic N) is 1. The van der Waals surface area contributed by atoms with E-state index in [4.69, 9.17) is 0 Å². The Hall–Kier alpha value is -0.930. The van der Waals surface area contributed by atoms with Crippen LogP contribution in [0.15, 0.2) is 0 Å². The van der Waals surface area contributed by atoms with Crippen molar-refractivity contribution >= 4 is 5.78 Å². The monoisotopic (exact) mass is 319 g/mol. The summed E-state index contributed by atoms with van der Waals surface area (Å²) in [7, 11) is 0. The van der Waals surface area contributed by atoms with Gasteiger partial charge in [0.1, 0.15) is 0 Å². The van der Waals surface area contributed by atoms with E-state index in [2.05, 4.69) is 13.8 Å². The molecule has 0 radical (unpaired) electrons. The Bertz CT molecular complexity index is 547. The number of fused-ring (bicyclic) bond motifs is 5. The standard InChI is InChI=1S/C19H29NO3/c1-18-10-8-14-13(16(18)17(20(22)23)15(21)11-18)7-6-12-5-3-4-9-19(12,14)2/h12-14,16-17H,3-11H2,1-2H3/t12-,13-,14+,16-,17+,18-,19+/m1/s1. The van der Waals surface area contributed by atoms with Crippen molar-refractivity contribution < 1.29 is 9.72 Å². The van der Waals surface area contributed by atoms with E-state index in [9.17, 15) is 14.9 Å². The second-order valence-corrected chi connectivity index (χ2v) is 9.39. The van der Waals surface area contributed by atoms with Crippen LogP contribution in [0, 0.1) is 44.6 Å². The van der Waals surface area contributed by atoms with E-state index in [1.54, 1.807) is 0 Å². The number of carbonyl (C=O) groups is 1. The summed E-state index contributed by atoms with van der Waals surface area (Å²) in [5.74, 6) is 1.71. The molecule has 0 saturated heterocycles. The lowest BCUT2D eigenvalue weighted by Gasteiger charge is -2.59. The molecule has 0 heterocycles. The van der Waals surface area contributed by atoms with Crippen molar-refractivity contribution in [3.8, 4) is 0 Å². The summed E-state index contributed by atoms with van der Waals surface area (Å²) in [5, 5.41) is 11.6. The third-order valence-electron chi connectivity index (χ3n) is 8.43. The van der Waals surface area contributed by atoms with Crippen LogP contribution in [-0.4, -0.2) is 16.7 Å². The third kappa shape index (κ3) is 2.05. The highest BCUT2D eigenvalue weighted by Crippen LogP contribution is 2.65. The molecule has 4 aliphatic rings. The van der Waals surface area contributed by atoms with Crippen molar-refractivity contribution in [2.45, 2.75) is 77.7 Å². The zero-order chi connectivity index (χ0) is 16.4. The third-order valence-corrected chi connectivity index (χ3v) is 8.43. The molecule has 0 amide bonds. The fourth-order valence-corrected chi connectivity index (χ4v) is 7.39. The molecule has 0 bridgehead atoms. The van der Waals surface area contributed by atoms with Crippen molar-refractivity contribution in [2.24, 2.45) is 34.5 Å². The molecule has 128 valence electrons. The Morgan fingerprint density at radius 3 is 2.61 bits per heavy atom. The van der Waals surface area contributed by atoms with Gasteiger partial charge in [-0.2, -0.15) is 0 Å². The lowest BCUT2D eigenvalue weighted by molar-refractivity contribution is -0.520. The summed E-state index contributed by atoms with van der Waals surface area (Å²) >= 11 is 0. The zero-order valence-corrected chi connectivity index (χ0v) is 14.4. The summed E-state index contributed by atoms with van der Waals surface area (Å²) < 4.78 is 0. The van der Waals surface area contributed by atoms with Gasteiger partial charge in [0.15, 0.2) is 0 Å². The first-order valence-electron chi connectivity index (χ1n) is 9.53. The van der Waals surface area contributed by atoms with Gasteiger partial charge in [0, 0.05) is 17.3 Å². The number of ketones is 1. The van der Waals surface area contributed by atoms with Gasteiger partial charge in [-0.15, -0.1) is 0 Å². The van der Waals surface area contributed by atoms with Crippen LogP contribution in [0.1, 0.15) is 71.6 Å². The second-order valence-electron chi connectivity index (χ2n) is 9.39. The van der Waals surface area contributed by atoms with Crippen molar-refractivity contribution in [1.29, 1.82) is 0 Å². The van der Waals surface area contributed by atoms with Gasteiger partial charge in [-0.1, -0.05) is 26.7 Å². The largest absolute Gasteiger partial charge is 0.292 e. The number of hydrogen-bond donors (Lipinski definition) is 0. The summed E-state index contributed by atoms with van der Waals surface area (Å²) in [4.78, 5) is 23.8. The highest BCUT2D eigenvalue weighted by Gasteiger charge is 2.65. The molecule has 4 nitrogen and oxygen atoms in total. The first kappa shape index (κ1) is 15.6. The average molecular weight is 319 g/mol. The smallest absolute Gasteiger partial charge is 0.273 e. The molecule has 0 unspecified atom stereocenters. The van der Waals surface area contributed by atoms with Gasteiger partial charge in [-0.05, 0) is 67.1 Å². The maximum Gasteiger partial charge on any atom is 0.273 e. The molecule has 23 heavy (non-hydrogen) atoms. The SMILES string of the molecule is C[C@]12CC[C@H]3[C@@H](CC[C@H]4CCCC[C@@]43C)[C@@H]1[C@@H]([N+](=O)[O-])C(=O)C2. The quantitative estimate of drug-likeness (QED) is 0.536. The van der Waals surface area contributed by atoms with Crippen LogP contribution in [0.4, 0.5) is 0 Å². The second kappa shape index (κ2) is 5.03. The van der Waals surface area contributed by atoms with Crippen molar-refractivity contribution in [3.63, 3.8) is 0 Å². The van der Waals surface area contributed by atoms with Crippen LogP contribution in [0.5, 0.6) is 0 Å². The molecular weight excluding hydrogens is 290 g/mol. The summed E-state index contributed by atoms with van der Waals surface area (Å²) in [5.41, 5.74) is 0.253. The summed E-state index contributed by atoms with van der Waals surface area (Å²) in [6.07, 6.45) is 10.3. The van der Waals surface area contributed by atoms with Gasteiger partial charge in [-0.25, -0.2) is 0 Å². The van der Waals surface area contributed by atoms with E-state index >= 15 is 0 Å². The Balaban J connectivity index is 1.71. The fourth-order valence-electron chi connectivity index (χ4n) is 7.39. The minimum Gasteiger partial charge on any atom is -0.292 e. The molecule has 0 aromatic carbocycles. The van der Waals surface area contributed by atoms with Gasteiger partial charge < -0.3 is 0 Å². The minimum absolute atomic E-state index is 0.0107. The number of nitro groups is 1. The summed E-state index contributed by atoms with van der Waals surface area (Å²) in [6, 6.07) is -0.920. The van der Waals surface area contributed by atoms with E-state index in [1.807, 2.05) is 0 Å². The maximum atomic E-state index is 12.4. The van der Waals surface area contributed by atoms with E-state index in [-0.39, 0.29) is 22.0 Å². The Labute approximate surface area is 138 Å². The van der Waals surface area contributed by atoms with Gasteiger partial charge in [-0.3, -0.25) is 14.9 Å². The maximum absolute atomic E-state index is 12.4. The van der Waals surface area contributed by atoms with Gasteiger partial charge >= 0.3 is 0 Å². The fraction of sp³-hybridized carbons (Fsp3) is 0.947. The zero-order valence-electron chi connectivity index (χ0n) is 14.4. The molecule has 0 aliphatic heterocycles. The highest BCUT2D eigenvalue weighted by atomic mass is 16.6. The predicted molar refractivity (Wildman–Crippen MR) is 87.5 cm³/mol. The molecule has 4 fully saturated rings. The van der Waals surface area contributed by atoms with Crippen LogP contribution in [0.25, 0.3) is 0 Å². The van der Waals surface area contributed by atoms with Crippen LogP contribution >= 0.6 is 0 Å². The molecule has 7 atom stereocenters. The van der Waals surface area contributed by atoms with E-state index in [0.29, 0.717) is 23.7 Å². The molecule has 4 saturated carbocycles. The number of rotatable bonds is 1. The number of hydrogen-bond acceptors (Lipinski definition) is 3. The molecule has 0 N–H and O–H groups in total. The van der Waals surface area contributed by atoms with Crippen LogP contribution < -0.4 is 0 Å². The highest BCUT2D eigenvalue weighted by molar-refractivity contribution is 5.86. The van der Waals surface area contributed by atoms with Crippen molar-refractivity contribution in [2.75, 3.05) is 0 Å². The minimum atomic E-state index is -0.920.